The van der Waals surface area contributed by atoms with Gasteiger partial charge in [0.2, 0.25) is 0 Å². The number of hydrogen-bond donors (Lipinski definition) is 1. The summed E-state index contributed by atoms with van der Waals surface area (Å²) in [5, 5.41) is 6.61. The smallest absolute Gasteiger partial charge is 0.352 e. The van der Waals surface area contributed by atoms with Crippen LogP contribution in [0.25, 0.3) is 0 Å². The third-order valence-electron chi connectivity index (χ3n) is 3.32. The molecule has 0 unspecified atom stereocenters. The van der Waals surface area contributed by atoms with E-state index >= 15 is 0 Å². The van der Waals surface area contributed by atoms with E-state index in [9.17, 15) is 9.59 Å². The molecule has 0 saturated heterocycles. The van der Waals surface area contributed by atoms with Crippen molar-refractivity contribution >= 4 is 23.4 Å². The second-order valence-electron chi connectivity index (χ2n) is 5.15. The molecule has 0 bridgehead atoms. The predicted octanol–water partition coefficient (Wildman–Crippen LogP) is 2.27. The van der Waals surface area contributed by atoms with Gasteiger partial charge in [0.15, 0.2) is 11.0 Å². The Morgan fingerprint density at radius 2 is 2.00 bits per heavy atom. The lowest BCUT2D eigenvalue weighted by Crippen LogP contribution is -2.35. The molecule has 0 radical (unpaired) electrons. The fourth-order valence-corrected chi connectivity index (χ4v) is 2.54. The van der Waals surface area contributed by atoms with Crippen LogP contribution in [0.3, 0.4) is 0 Å². The van der Waals surface area contributed by atoms with Gasteiger partial charge in [0.05, 0.1) is 5.69 Å². The van der Waals surface area contributed by atoms with Gasteiger partial charge >= 0.3 is 5.97 Å². The summed E-state index contributed by atoms with van der Waals surface area (Å²) in [6.07, 6.45) is -0.283. The molecule has 1 aromatic heterocycles. The number of esters is 1. The summed E-state index contributed by atoms with van der Waals surface area (Å²) >= 11 is 0.980. The highest BCUT2D eigenvalue weighted by Gasteiger charge is 2.22. The minimum Gasteiger partial charge on any atom is -0.448 e. The zero-order chi connectivity index (χ0) is 16.8. The van der Waals surface area contributed by atoms with Crippen LogP contribution in [0.2, 0.25) is 0 Å². The van der Waals surface area contributed by atoms with E-state index in [0.29, 0.717) is 23.5 Å². The van der Waals surface area contributed by atoms with E-state index in [1.807, 2.05) is 38.1 Å². The molecular formula is C16H19N3O3S. The average molecular weight is 333 g/mol. The molecule has 1 amide bonds. The quantitative estimate of drug-likeness (QED) is 0.820. The number of ether oxygens (including phenoxy) is 1. The molecular weight excluding hydrogens is 314 g/mol. The van der Waals surface area contributed by atoms with Crippen LogP contribution in [0.5, 0.6) is 0 Å². The van der Waals surface area contributed by atoms with Crippen LogP contribution in [-0.4, -0.2) is 27.6 Å². The maximum absolute atomic E-state index is 12.0. The molecule has 1 atom stereocenters. The number of aryl methyl sites for hydroxylation is 2. The number of carbonyl (C=O) groups is 2. The van der Waals surface area contributed by atoms with Crippen LogP contribution in [0.15, 0.2) is 24.3 Å². The maximum atomic E-state index is 12.0. The molecule has 2 aromatic rings. The lowest BCUT2D eigenvalue weighted by atomic mass is 10.1. The van der Waals surface area contributed by atoms with E-state index in [-0.39, 0.29) is 5.91 Å². The van der Waals surface area contributed by atoms with Crippen molar-refractivity contribution in [2.24, 2.45) is 0 Å². The molecule has 0 spiro atoms. The first-order valence-corrected chi connectivity index (χ1v) is 8.14. The topological polar surface area (TPSA) is 81.2 Å². The first kappa shape index (κ1) is 17.1. The maximum Gasteiger partial charge on any atom is 0.352 e. The van der Waals surface area contributed by atoms with Gasteiger partial charge in [0, 0.05) is 6.54 Å². The zero-order valence-electron chi connectivity index (χ0n) is 13.3. The molecule has 0 saturated carbocycles. The van der Waals surface area contributed by atoms with Gasteiger partial charge in [0.25, 0.3) is 5.91 Å². The molecule has 23 heavy (non-hydrogen) atoms. The van der Waals surface area contributed by atoms with Gasteiger partial charge in [0.1, 0.15) is 0 Å². The summed E-state index contributed by atoms with van der Waals surface area (Å²) < 4.78 is 8.93. The number of nitrogens with one attached hydrogen (secondary N) is 1. The van der Waals surface area contributed by atoms with Gasteiger partial charge in [-0.2, -0.15) is 0 Å². The van der Waals surface area contributed by atoms with E-state index in [1.165, 1.54) is 0 Å². The molecule has 0 aliphatic rings. The van der Waals surface area contributed by atoms with E-state index in [1.54, 1.807) is 6.92 Å². The largest absolute Gasteiger partial charge is 0.448 e. The fourth-order valence-electron chi connectivity index (χ4n) is 1.90. The third kappa shape index (κ3) is 4.59. The van der Waals surface area contributed by atoms with Crippen molar-refractivity contribution in [1.82, 2.24) is 14.9 Å². The predicted molar refractivity (Wildman–Crippen MR) is 87.2 cm³/mol. The Balaban J connectivity index is 1.87. The van der Waals surface area contributed by atoms with Crippen molar-refractivity contribution in [1.29, 1.82) is 0 Å². The van der Waals surface area contributed by atoms with Gasteiger partial charge in [-0.05, 0) is 37.4 Å². The molecule has 1 aromatic carbocycles. The first-order valence-electron chi connectivity index (χ1n) is 7.36. The summed E-state index contributed by atoms with van der Waals surface area (Å²) in [5.74, 6) is -0.899. The van der Waals surface area contributed by atoms with Crippen LogP contribution in [0.1, 0.15) is 40.3 Å². The standard InChI is InChI=1S/C16H19N3O3S/c1-4-13-14(23-19-18-13)16(21)22-11(3)15(20)17-9-12-7-5-10(2)6-8-12/h5-8,11H,4,9H2,1-3H3,(H,17,20)/t11-/m1/s1. The Morgan fingerprint density at radius 3 is 2.65 bits per heavy atom. The Kier molecular flexibility index (Phi) is 5.81. The lowest BCUT2D eigenvalue weighted by molar-refractivity contribution is -0.129. The van der Waals surface area contributed by atoms with Crippen LogP contribution in [0.4, 0.5) is 0 Å². The first-order chi connectivity index (χ1) is 11.0. The molecule has 122 valence electrons. The Bertz CT molecular complexity index is 682. The average Bonchev–Trinajstić information content (AvgIpc) is 3.02. The van der Waals surface area contributed by atoms with Crippen LogP contribution in [0, 0.1) is 6.92 Å². The summed E-state index contributed by atoms with van der Waals surface area (Å²) in [7, 11) is 0. The monoisotopic (exact) mass is 333 g/mol. The molecule has 6 nitrogen and oxygen atoms in total. The summed E-state index contributed by atoms with van der Waals surface area (Å²) in [6, 6.07) is 7.85. The van der Waals surface area contributed by atoms with E-state index in [2.05, 4.69) is 14.9 Å². The highest BCUT2D eigenvalue weighted by Crippen LogP contribution is 2.13. The molecule has 0 aliphatic heterocycles. The summed E-state index contributed by atoms with van der Waals surface area (Å²) in [6.45, 7) is 5.82. The zero-order valence-corrected chi connectivity index (χ0v) is 14.1. The number of hydrogen-bond acceptors (Lipinski definition) is 6. The highest BCUT2D eigenvalue weighted by molar-refractivity contribution is 7.07. The van der Waals surface area contributed by atoms with Gasteiger partial charge in [-0.1, -0.05) is 41.2 Å². The number of nitrogens with zero attached hydrogens (tertiary/aromatic N) is 2. The van der Waals surface area contributed by atoms with Crippen LogP contribution >= 0.6 is 11.5 Å². The second-order valence-corrected chi connectivity index (χ2v) is 5.91. The van der Waals surface area contributed by atoms with Gasteiger partial charge < -0.3 is 10.1 Å². The molecule has 1 N–H and O–H groups in total. The van der Waals surface area contributed by atoms with Crippen molar-refractivity contribution in [2.45, 2.75) is 39.8 Å². The summed E-state index contributed by atoms with van der Waals surface area (Å²) in [4.78, 5) is 24.4. The number of aromatic nitrogens is 2. The minimum absolute atomic E-state index is 0.338. The number of carbonyl (C=O) groups excluding carboxylic acids is 2. The number of rotatable bonds is 6. The van der Waals surface area contributed by atoms with Crippen molar-refractivity contribution in [2.75, 3.05) is 0 Å². The van der Waals surface area contributed by atoms with Crippen LogP contribution < -0.4 is 5.32 Å². The molecule has 2 rings (SSSR count). The second kappa shape index (κ2) is 7.82. The third-order valence-corrected chi connectivity index (χ3v) is 4.06. The van der Waals surface area contributed by atoms with Gasteiger partial charge in [-0.3, -0.25) is 4.79 Å². The summed E-state index contributed by atoms with van der Waals surface area (Å²) in [5.41, 5.74) is 2.74. The minimum atomic E-state index is -0.875. The highest BCUT2D eigenvalue weighted by atomic mass is 32.1. The molecule has 1 heterocycles. The number of benzene rings is 1. The Hall–Kier alpha value is -2.28. The molecule has 0 aliphatic carbocycles. The van der Waals surface area contributed by atoms with Crippen LogP contribution in [-0.2, 0) is 22.5 Å². The van der Waals surface area contributed by atoms with Crippen molar-refractivity contribution < 1.29 is 14.3 Å². The Labute approximate surface area is 139 Å². The van der Waals surface area contributed by atoms with E-state index in [4.69, 9.17) is 4.74 Å². The lowest BCUT2D eigenvalue weighted by Gasteiger charge is -2.13. The van der Waals surface area contributed by atoms with Gasteiger partial charge in [-0.25, -0.2) is 4.79 Å². The normalized spacial score (nSPS) is 11.8. The molecule has 0 fully saturated rings. The number of amides is 1. The van der Waals surface area contributed by atoms with Gasteiger partial charge in [-0.15, -0.1) is 5.10 Å². The Morgan fingerprint density at radius 1 is 1.30 bits per heavy atom. The fraction of sp³-hybridized carbons (Fsp3) is 0.375. The van der Waals surface area contributed by atoms with Crippen molar-refractivity contribution in [3.63, 3.8) is 0 Å². The van der Waals surface area contributed by atoms with E-state index in [0.717, 1.165) is 22.7 Å². The SMILES string of the molecule is CCc1nnsc1C(=O)O[C@H](C)C(=O)NCc1ccc(C)cc1. The molecule has 7 heteroatoms. The van der Waals surface area contributed by atoms with E-state index < -0.39 is 12.1 Å². The van der Waals surface area contributed by atoms with Crippen molar-refractivity contribution in [3.05, 3.63) is 46.0 Å². The van der Waals surface area contributed by atoms with Crippen molar-refractivity contribution in [3.8, 4) is 0 Å².